The van der Waals surface area contributed by atoms with Gasteiger partial charge in [-0.05, 0) is 25.7 Å². The van der Waals surface area contributed by atoms with E-state index in [9.17, 15) is 0 Å². The van der Waals surface area contributed by atoms with Gasteiger partial charge in [-0.25, -0.2) is 11.5 Å². The summed E-state index contributed by atoms with van der Waals surface area (Å²) in [6.07, 6.45) is 5.36. The summed E-state index contributed by atoms with van der Waals surface area (Å²) in [5.74, 6) is 0. The van der Waals surface area contributed by atoms with E-state index < -0.39 is 0 Å². The Labute approximate surface area is 61.6 Å². The molecule has 1 saturated heterocycles. The third kappa shape index (κ3) is 0.741. The monoisotopic (exact) mass is 136 g/mol. The highest BCUT2D eigenvalue weighted by Gasteiger charge is 2.51. The zero-order valence-corrected chi connectivity index (χ0v) is 6.14. The number of likely N-dealkylation sites (tertiary alicyclic amines) is 1. The molecule has 2 fully saturated rings. The fourth-order valence-corrected chi connectivity index (χ4v) is 2.01. The first-order valence-electron chi connectivity index (χ1n) is 3.96. The summed E-state index contributed by atoms with van der Waals surface area (Å²) in [7, 11) is 0. The second kappa shape index (κ2) is 1.96. The van der Waals surface area contributed by atoms with Crippen molar-refractivity contribution in [2.75, 3.05) is 13.2 Å². The first kappa shape index (κ1) is 6.18. The van der Waals surface area contributed by atoms with Gasteiger partial charge >= 0.3 is 0 Å². The highest BCUT2D eigenvalue weighted by atomic mass is 15.3. The van der Waals surface area contributed by atoms with Crippen molar-refractivity contribution < 1.29 is 0 Å². The van der Waals surface area contributed by atoms with Crippen LogP contribution in [0.1, 0.15) is 25.7 Å². The Bertz CT molecular complexity index is 176. The average Bonchev–Trinajstić information content (AvgIpc) is 2.57. The maximum atomic E-state index is 6.76. The summed E-state index contributed by atoms with van der Waals surface area (Å²) < 4.78 is 0. The van der Waals surface area contributed by atoms with Gasteiger partial charge < -0.3 is 0 Å². The highest BCUT2D eigenvalue weighted by molar-refractivity contribution is 5.07. The van der Waals surface area contributed by atoms with E-state index >= 15 is 0 Å². The molecule has 0 aromatic rings. The highest BCUT2D eigenvalue weighted by Crippen LogP contribution is 2.49. The van der Waals surface area contributed by atoms with Gasteiger partial charge in [0.15, 0.2) is 0 Å². The van der Waals surface area contributed by atoms with E-state index in [0.717, 1.165) is 0 Å². The molecule has 2 rings (SSSR count). The zero-order valence-electron chi connectivity index (χ0n) is 6.14. The maximum absolute atomic E-state index is 6.76. The van der Waals surface area contributed by atoms with Crippen LogP contribution in [-0.4, -0.2) is 23.7 Å². The maximum Gasteiger partial charge on any atom is 0.271 e. The van der Waals surface area contributed by atoms with E-state index in [2.05, 4.69) is 9.74 Å². The van der Waals surface area contributed by atoms with Crippen LogP contribution < -0.4 is 0 Å². The van der Waals surface area contributed by atoms with E-state index in [0.29, 0.717) is 12.2 Å². The predicted molar refractivity (Wildman–Crippen MR) is 39.4 cm³/mol. The van der Waals surface area contributed by atoms with Gasteiger partial charge in [-0.2, -0.15) is 0 Å². The summed E-state index contributed by atoms with van der Waals surface area (Å²) in [4.78, 5) is 5.79. The van der Waals surface area contributed by atoms with Crippen LogP contribution in [-0.2, 0) is 0 Å². The Hall–Kier alpha value is -0.550. The van der Waals surface area contributed by atoms with Crippen molar-refractivity contribution in [3.05, 3.63) is 11.4 Å². The molecule has 1 spiro atoms. The number of hydrogen-bond acceptors (Lipinski definition) is 1. The molecular weight excluding hydrogens is 124 g/mol. The third-order valence-electron chi connectivity index (χ3n) is 2.81. The summed E-state index contributed by atoms with van der Waals surface area (Å²) in [5, 5.41) is 0. The smallest absolute Gasteiger partial charge is 0.271 e. The lowest BCUT2D eigenvalue weighted by atomic mass is 10.2. The number of nitrogens with zero attached hydrogens (tertiary/aromatic N) is 2. The van der Waals surface area contributed by atoms with Crippen molar-refractivity contribution in [1.29, 1.82) is 0 Å². The van der Waals surface area contributed by atoms with Crippen molar-refractivity contribution in [2.24, 2.45) is 0 Å². The van der Waals surface area contributed by atoms with E-state index in [1.54, 1.807) is 0 Å². The summed E-state index contributed by atoms with van der Waals surface area (Å²) >= 11 is 0. The van der Waals surface area contributed by atoms with Crippen LogP contribution in [0.3, 0.4) is 0 Å². The van der Waals surface area contributed by atoms with Gasteiger partial charge in [0, 0.05) is 12.1 Å². The van der Waals surface area contributed by atoms with E-state index in [1.165, 1.54) is 32.2 Å². The standard InChI is InChI=1S/C8H12N2/c1-9-7-10-6-2-3-8(10)4-5-8/h2-7H2. The zero-order chi connectivity index (χ0) is 7.03. The molecule has 2 heteroatoms. The van der Waals surface area contributed by atoms with Gasteiger partial charge in [-0.1, -0.05) is 0 Å². The normalized spacial score (nSPS) is 28.7. The molecule has 2 aliphatic rings. The van der Waals surface area contributed by atoms with Crippen molar-refractivity contribution >= 4 is 0 Å². The lowest BCUT2D eigenvalue weighted by Crippen LogP contribution is -2.30. The lowest BCUT2D eigenvalue weighted by molar-refractivity contribution is 0.261. The molecule has 54 valence electrons. The molecule has 0 bridgehead atoms. The molecule has 0 unspecified atom stereocenters. The summed E-state index contributed by atoms with van der Waals surface area (Å²) in [5.41, 5.74) is 0.532. The van der Waals surface area contributed by atoms with Gasteiger partial charge in [0.2, 0.25) is 0 Å². The molecule has 0 N–H and O–H groups in total. The second-order valence-electron chi connectivity index (χ2n) is 3.39. The van der Waals surface area contributed by atoms with Crippen LogP contribution in [0.2, 0.25) is 0 Å². The Morgan fingerprint density at radius 1 is 1.40 bits per heavy atom. The predicted octanol–water partition coefficient (Wildman–Crippen LogP) is 1.49. The Morgan fingerprint density at radius 3 is 2.80 bits per heavy atom. The lowest BCUT2D eigenvalue weighted by Gasteiger charge is -2.16. The first-order valence-corrected chi connectivity index (χ1v) is 3.96. The second-order valence-corrected chi connectivity index (χ2v) is 3.39. The molecule has 1 aliphatic heterocycles. The molecule has 0 amide bonds. The van der Waals surface area contributed by atoms with Crippen LogP contribution in [0.5, 0.6) is 0 Å². The molecule has 1 saturated carbocycles. The molecule has 2 nitrogen and oxygen atoms in total. The Kier molecular flexibility index (Phi) is 1.21. The minimum atomic E-state index is 0.532. The quantitative estimate of drug-likeness (QED) is 0.495. The molecule has 0 atom stereocenters. The molecule has 1 heterocycles. The van der Waals surface area contributed by atoms with Crippen LogP contribution >= 0.6 is 0 Å². The minimum absolute atomic E-state index is 0.532. The Balaban J connectivity index is 2.02. The fourth-order valence-electron chi connectivity index (χ4n) is 2.01. The van der Waals surface area contributed by atoms with Gasteiger partial charge in [0.1, 0.15) is 0 Å². The SMILES string of the molecule is [C-]#[N+]CN1CCCC12CC2. The van der Waals surface area contributed by atoms with E-state index in [-0.39, 0.29) is 0 Å². The van der Waals surface area contributed by atoms with Gasteiger partial charge in [-0.15, -0.1) is 0 Å². The van der Waals surface area contributed by atoms with Gasteiger partial charge in [0.05, 0.1) is 0 Å². The van der Waals surface area contributed by atoms with E-state index in [4.69, 9.17) is 6.57 Å². The minimum Gasteiger partial charge on any atom is -0.299 e. The number of rotatable bonds is 1. The van der Waals surface area contributed by atoms with Crippen molar-refractivity contribution in [2.45, 2.75) is 31.2 Å². The summed E-state index contributed by atoms with van der Waals surface area (Å²) in [6, 6.07) is 0. The first-order chi connectivity index (χ1) is 4.87. The molecule has 1 aliphatic carbocycles. The molecule has 0 aromatic heterocycles. The Morgan fingerprint density at radius 2 is 2.20 bits per heavy atom. The molecular formula is C8H12N2. The third-order valence-corrected chi connectivity index (χ3v) is 2.81. The van der Waals surface area contributed by atoms with Gasteiger partial charge in [-0.3, -0.25) is 4.85 Å². The van der Waals surface area contributed by atoms with Gasteiger partial charge in [0.25, 0.3) is 6.67 Å². The van der Waals surface area contributed by atoms with Crippen LogP contribution in [0, 0.1) is 6.57 Å². The van der Waals surface area contributed by atoms with Crippen molar-refractivity contribution in [3.8, 4) is 0 Å². The van der Waals surface area contributed by atoms with E-state index in [1.807, 2.05) is 0 Å². The molecule has 0 radical (unpaired) electrons. The van der Waals surface area contributed by atoms with Crippen molar-refractivity contribution in [1.82, 2.24) is 4.90 Å². The average molecular weight is 136 g/mol. The molecule has 10 heavy (non-hydrogen) atoms. The fraction of sp³-hybridized carbons (Fsp3) is 0.875. The van der Waals surface area contributed by atoms with Crippen LogP contribution in [0.25, 0.3) is 4.85 Å². The number of hydrogen-bond donors (Lipinski definition) is 0. The van der Waals surface area contributed by atoms with Crippen LogP contribution in [0.4, 0.5) is 0 Å². The van der Waals surface area contributed by atoms with Crippen molar-refractivity contribution in [3.63, 3.8) is 0 Å². The topological polar surface area (TPSA) is 7.60 Å². The molecule has 0 aromatic carbocycles. The largest absolute Gasteiger partial charge is 0.299 e. The summed E-state index contributed by atoms with van der Waals surface area (Å²) in [6.45, 7) is 8.56. The van der Waals surface area contributed by atoms with Crippen LogP contribution in [0.15, 0.2) is 0 Å².